The Kier molecular flexibility index (Phi) is 4.50. The highest BCUT2D eigenvalue weighted by atomic mass is 16.5. The van der Waals surface area contributed by atoms with E-state index in [2.05, 4.69) is 10.5 Å². The molecule has 2 saturated heterocycles. The highest BCUT2D eigenvalue weighted by Gasteiger charge is 2.35. The molecular formula is C19H21N5O4. The van der Waals surface area contributed by atoms with Crippen molar-refractivity contribution in [1.82, 2.24) is 15.0 Å². The van der Waals surface area contributed by atoms with Gasteiger partial charge in [0.1, 0.15) is 18.0 Å². The Morgan fingerprint density at radius 3 is 2.79 bits per heavy atom. The molecule has 2 aromatic rings. The Morgan fingerprint density at radius 2 is 2.11 bits per heavy atom. The van der Waals surface area contributed by atoms with E-state index in [0.29, 0.717) is 23.7 Å². The van der Waals surface area contributed by atoms with Gasteiger partial charge in [0.25, 0.3) is 5.91 Å². The van der Waals surface area contributed by atoms with E-state index in [1.165, 1.54) is 4.90 Å². The van der Waals surface area contributed by atoms with E-state index in [-0.39, 0.29) is 30.6 Å². The molecule has 0 aliphatic carbocycles. The molecule has 2 aliphatic rings. The lowest BCUT2D eigenvalue weighted by Crippen LogP contribution is -2.35. The summed E-state index contributed by atoms with van der Waals surface area (Å²) < 4.78 is 5.14. The number of rotatable bonds is 3. The molecule has 28 heavy (non-hydrogen) atoms. The number of nitrogens with zero attached hydrogens (tertiary/aromatic N) is 4. The normalized spacial score (nSPS) is 19.6. The van der Waals surface area contributed by atoms with Crippen LogP contribution >= 0.6 is 0 Å². The summed E-state index contributed by atoms with van der Waals surface area (Å²) >= 11 is 0. The van der Waals surface area contributed by atoms with Gasteiger partial charge < -0.3 is 19.6 Å². The fourth-order valence-corrected chi connectivity index (χ4v) is 3.65. The van der Waals surface area contributed by atoms with Crippen LogP contribution in [0, 0.1) is 6.92 Å². The number of hydrogen-bond donors (Lipinski definition) is 1. The number of imide groups is 1. The predicted molar refractivity (Wildman–Crippen MR) is 101 cm³/mol. The first-order chi connectivity index (χ1) is 13.4. The Morgan fingerprint density at radius 1 is 1.29 bits per heavy atom. The van der Waals surface area contributed by atoms with Gasteiger partial charge in [-0.2, -0.15) is 0 Å². The molecule has 2 fully saturated rings. The number of aryl methyl sites for hydroxylation is 1. The molecule has 5 amide bonds. The van der Waals surface area contributed by atoms with Crippen LogP contribution in [0.4, 0.5) is 21.0 Å². The molecule has 0 spiro atoms. The van der Waals surface area contributed by atoms with E-state index < -0.39 is 0 Å². The van der Waals surface area contributed by atoms with Crippen LogP contribution in [0.2, 0.25) is 0 Å². The van der Waals surface area contributed by atoms with Crippen LogP contribution in [0.15, 0.2) is 34.9 Å². The van der Waals surface area contributed by atoms with Crippen molar-refractivity contribution in [3.63, 3.8) is 0 Å². The second-order valence-electron chi connectivity index (χ2n) is 7.06. The second kappa shape index (κ2) is 6.99. The summed E-state index contributed by atoms with van der Waals surface area (Å²) in [5.41, 5.74) is 1.69. The minimum absolute atomic E-state index is 0.0436. The minimum atomic E-state index is -0.380. The topological polar surface area (TPSA) is 99.0 Å². The fourth-order valence-electron chi connectivity index (χ4n) is 3.65. The molecule has 9 heteroatoms. The van der Waals surface area contributed by atoms with Crippen molar-refractivity contribution < 1.29 is 18.9 Å². The van der Waals surface area contributed by atoms with Gasteiger partial charge in [-0.1, -0.05) is 11.2 Å². The largest absolute Gasteiger partial charge is 0.361 e. The molecular weight excluding hydrogens is 362 g/mol. The third-order valence-electron chi connectivity index (χ3n) is 5.00. The van der Waals surface area contributed by atoms with Gasteiger partial charge in [-0.05, 0) is 38.0 Å². The van der Waals surface area contributed by atoms with Crippen molar-refractivity contribution in [3.8, 4) is 0 Å². The maximum atomic E-state index is 12.8. The Hall–Kier alpha value is -3.36. The number of likely N-dealkylation sites (tertiary alicyclic amines) is 1. The van der Waals surface area contributed by atoms with E-state index in [1.807, 2.05) is 13.0 Å². The van der Waals surface area contributed by atoms with Crippen molar-refractivity contribution >= 4 is 29.3 Å². The lowest BCUT2D eigenvalue weighted by Gasteiger charge is -2.23. The van der Waals surface area contributed by atoms with Gasteiger partial charge in [-0.15, -0.1) is 0 Å². The van der Waals surface area contributed by atoms with Gasteiger partial charge >= 0.3 is 12.1 Å². The number of carbonyl (C=O) groups is 3. The monoisotopic (exact) mass is 383 g/mol. The quantitative estimate of drug-likeness (QED) is 0.822. The number of anilines is 2. The number of likely N-dealkylation sites (N-methyl/N-ethyl adjacent to an activating group) is 1. The van der Waals surface area contributed by atoms with E-state index in [1.54, 1.807) is 36.2 Å². The highest BCUT2D eigenvalue weighted by molar-refractivity contribution is 6.19. The molecule has 146 valence electrons. The van der Waals surface area contributed by atoms with Crippen LogP contribution in [0.5, 0.6) is 0 Å². The van der Waals surface area contributed by atoms with Crippen molar-refractivity contribution in [2.75, 3.05) is 30.4 Å². The Balaban J connectivity index is 1.51. The van der Waals surface area contributed by atoms with Crippen LogP contribution in [-0.4, -0.2) is 53.1 Å². The number of benzene rings is 1. The Bertz CT molecular complexity index is 940. The standard InChI is InChI=1S/C19H21N5O4/c1-12-9-15(21-28-12)16-7-4-8-23(16)18(26)20-13-5-3-6-14(10-13)24-17(25)11-22(2)19(24)27/h3,5-6,9-10,16H,4,7-8,11H2,1-2H3,(H,20,26)/t16-/m0/s1. The maximum Gasteiger partial charge on any atom is 0.331 e. The number of hydrogen-bond acceptors (Lipinski definition) is 5. The summed E-state index contributed by atoms with van der Waals surface area (Å²) in [7, 11) is 1.57. The first-order valence-electron chi connectivity index (χ1n) is 9.13. The fraction of sp³-hybridized carbons (Fsp3) is 0.368. The average Bonchev–Trinajstić information content (AvgIpc) is 3.35. The van der Waals surface area contributed by atoms with Gasteiger partial charge in [-0.25, -0.2) is 14.5 Å². The number of amides is 5. The van der Waals surface area contributed by atoms with Crippen molar-refractivity contribution in [3.05, 3.63) is 41.8 Å². The van der Waals surface area contributed by atoms with Gasteiger partial charge in [0.05, 0.1) is 11.7 Å². The first kappa shape index (κ1) is 18.0. The van der Waals surface area contributed by atoms with Gasteiger partial charge in [-0.3, -0.25) is 4.79 Å². The molecule has 1 aromatic carbocycles. The van der Waals surface area contributed by atoms with E-state index in [4.69, 9.17) is 4.52 Å². The lowest BCUT2D eigenvalue weighted by molar-refractivity contribution is -0.116. The average molecular weight is 383 g/mol. The smallest absolute Gasteiger partial charge is 0.331 e. The van der Waals surface area contributed by atoms with Gasteiger partial charge in [0.15, 0.2) is 0 Å². The van der Waals surface area contributed by atoms with E-state index in [0.717, 1.165) is 23.4 Å². The van der Waals surface area contributed by atoms with Crippen LogP contribution in [0.1, 0.15) is 30.3 Å². The summed E-state index contributed by atoms with van der Waals surface area (Å²) in [5, 5.41) is 6.91. The maximum absolute atomic E-state index is 12.8. The first-order valence-corrected chi connectivity index (χ1v) is 9.13. The number of urea groups is 2. The van der Waals surface area contributed by atoms with Crippen molar-refractivity contribution in [2.24, 2.45) is 0 Å². The summed E-state index contributed by atoms with van der Waals surface area (Å²) in [6, 6.07) is 7.80. The molecule has 3 heterocycles. The minimum Gasteiger partial charge on any atom is -0.361 e. The molecule has 0 radical (unpaired) electrons. The zero-order chi connectivity index (χ0) is 19.8. The molecule has 0 saturated carbocycles. The predicted octanol–water partition coefficient (Wildman–Crippen LogP) is 2.75. The van der Waals surface area contributed by atoms with Crippen LogP contribution in [0.25, 0.3) is 0 Å². The van der Waals surface area contributed by atoms with E-state index in [9.17, 15) is 14.4 Å². The summed E-state index contributed by atoms with van der Waals surface area (Å²) in [4.78, 5) is 41.3. The molecule has 0 unspecified atom stereocenters. The lowest BCUT2D eigenvalue weighted by atomic mass is 10.1. The molecule has 2 aliphatic heterocycles. The highest BCUT2D eigenvalue weighted by Crippen LogP contribution is 2.32. The molecule has 1 aromatic heterocycles. The summed E-state index contributed by atoms with van der Waals surface area (Å²) in [5.74, 6) is 0.414. The van der Waals surface area contributed by atoms with E-state index >= 15 is 0 Å². The van der Waals surface area contributed by atoms with Crippen molar-refractivity contribution in [2.45, 2.75) is 25.8 Å². The van der Waals surface area contributed by atoms with Gasteiger partial charge in [0.2, 0.25) is 0 Å². The summed E-state index contributed by atoms with van der Waals surface area (Å²) in [6.07, 6.45) is 1.70. The SMILES string of the molecule is Cc1cc([C@@H]2CCCN2C(=O)Nc2cccc(N3C(=O)CN(C)C3=O)c2)no1. The van der Waals surface area contributed by atoms with Crippen molar-refractivity contribution in [1.29, 1.82) is 0 Å². The third-order valence-corrected chi connectivity index (χ3v) is 5.00. The Labute approximate surface area is 161 Å². The second-order valence-corrected chi connectivity index (χ2v) is 7.06. The zero-order valence-electron chi connectivity index (χ0n) is 15.7. The molecule has 1 N–H and O–H groups in total. The van der Waals surface area contributed by atoms with Crippen LogP contribution < -0.4 is 10.2 Å². The van der Waals surface area contributed by atoms with Crippen LogP contribution in [0.3, 0.4) is 0 Å². The molecule has 1 atom stereocenters. The number of aromatic nitrogens is 1. The van der Waals surface area contributed by atoms with Crippen LogP contribution in [-0.2, 0) is 4.79 Å². The summed E-state index contributed by atoms with van der Waals surface area (Å²) in [6.45, 7) is 2.48. The number of nitrogens with one attached hydrogen (secondary N) is 1. The molecule has 9 nitrogen and oxygen atoms in total. The zero-order valence-corrected chi connectivity index (χ0v) is 15.7. The number of carbonyl (C=O) groups excluding carboxylic acids is 3. The third kappa shape index (κ3) is 3.19. The molecule has 0 bridgehead atoms. The van der Waals surface area contributed by atoms with Gasteiger partial charge in [0, 0.05) is 25.3 Å². The molecule has 4 rings (SSSR count).